The highest BCUT2D eigenvalue weighted by molar-refractivity contribution is 6.30. The molecule has 1 saturated carbocycles. The van der Waals surface area contributed by atoms with Crippen LogP contribution in [0.1, 0.15) is 44.3 Å². The van der Waals surface area contributed by atoms with Crippen molar-refractivity contribution in [2.45, 2.75) is 38.7 Å². The molecule has 1 N–H and O–H groups in total. The second-order valence-corrected chi connectivity index (χ2v) is 6.22. The van der Waals surface area contributed by atoms with Gasteiger partial charge in [-0.1, -0.05) is 24.9 Å². The van der Waals surface area contributed by atoms with E-state index in [0.29, 0.717) is 10.9 Å². The molecular formula is C16H20ClNO2. The lowest BCUT2D eigenvalue weighted by molar-refractivity contribution is -0.127. The van der Waals surface area contributed by atoms with Crippen LogP contribution in [-0.2, 0) is 9.53 Å². The second kappa shape index (κ2) is 5.74. The Morgan fingerprint density at radius 3 is 2.85 bits per heavy atom. The molecule has 0 bridgehead atoms. The fourth-order valence-corrected chi connectivity index (χ4v) is 3.15. The summed E-state index contributed by atoms with van der Waals surface area (Å²) in [5.41, 5.74) is 1.85. The Balaban J connectivity index is 1.85. The Labute approximate surface area is 124 Å². The van der Waals surface area contributed by atoms with Crippen LogP contribution in [0, 0.1) is 11.8 Å². The van der Waals surface area contributed by atoms with Crippen LogP contribution in [0.5, 0.6) is 0 Å². The largest absolute Gasteiger partial charge is 0.372 e. The van der Waals surface area contributed by atoms with Crippen molar-refractivity contribution in [3.63, 3.8) is 0 Å². The molecule has 1 aliphatic heterocycles. The summed E-state index contributed by atoms with van der Waals surface area (Å²) >= 11 is 6.10. The van der Waals surface area contributed by atoms with E-state index in [4.69, 9.17) is 16.3 Å². The van der Waals surface area contributed by atoms with Crippen LogP contribution in [-0.4, -0.2) is 12.5 Å². The van der Waals surface area contributed by atoms with Gasteiger partial charge in [0.05, 0.1) is 18.6 Å². The summed E-state index contributed by atoms with van der Waals surface area (Å²) in [6.45, 7) is 2.78. The van der Waals surface area contributed by atoms with Crippen LogP contribution in [0.25, 0.3) is 0 Å². The maximum Gasteiger partial charge on any atom is 0.230 e. The van der Waals surface area contributed by atoms with Gasteiger partial charge in [0.1, 0.15) is 0 Å². The van der Waals surface area contributed by atoms with Crippen molar-refractivity contribution in [2.75, 3.05) is 11.9 Å². The number of anilines is 1. The van der Waals surface area contributed by atoms with Crippen molar-refractivity contribution in [3.05, 3.63) is 28.8 Å². The van der Waals surface area contributed by atoms with Crippen LogP contribution in [0.4, 0.5) is 5.69 Å². The predicted molar refractivity (Wildman–Crippen MR) is 79.9 cm³/mol. The molecule has 108 valence electrons. The van der Waals surface area contributed by atoms with Gasteiger partial charge in [-0.25, -0.2) is 0 Å². The minimum atomic E-state index is -0.164. The van der Waals surface area contributed by atoms with E-state index in [1.165, 1.54) is 19.3 Å². The van der Waals surface area contributed by atoms with Crippen LogP contribution >= 0.6 is 11.6 Å². The highest BCUT2D eigenvalue weighted by Crippen LogP contribution is 2.40. The molecule has 2 atom stereocenters. The number of halogens is 1. The van der Waals surface area contributed by atoms with Crippen molar-refractivity contribution in [1.29, 1.82) is 0 Å². The molecular weight excluding hydrogens is 274 g/mol. The molecule has 0 saturated heterocycles. The Kier molecular flexibility index (Phi) is 3.99. The molecule has 1 heterocycles. The van der Waals surface area contributed by atoms with Gasteiger partial charge < -0.3 is 10.1 Å². The summed E-state index contributed by atoms with van der Waals surface area (Å²) < 4.78 is 6.12. The summed E-state index contributed by atoms with van der Waals surface area (Å²) in [4.78, 5) is 12.2. The third-order valence-electron chi connectivity index (χ3n) is 4.46. The average molecular weight is 294 g/mol. The predicted octanol–water partition coefficient (Wildman–Crippen LogP) is 4.18. The summed E-state index contributed by atoms with van der Waals surface area (Å²) in [6.07, 6.45) is 4.41. The highest BCUT2D eigenvalue weighted by atomic mass is 35.5. The van der Waals surface area contributed by atoms with Gasteiger partial charge in [-0.2, -0.15) is 0 Å². The number of benzene rings is 1. The number of carbonyl (C=O) groups is 1. The third-order valence-corrected chi connectivity index (χ3v) is 4.69. The Bertz CT molecular complexity index is 513. The number of nitrogens with one attached hydrogen (secondary N) is 1. The van der Waals surface area contributed by atoms with Gasteiger partial charge in [-0.15, -0.1) is 0 Å². The van der Waals surface area contributed by atoms with E-state index in [9.17, 15) is 4.79 Å². The molecule has 1 aromatic carbocycles. The zero-order valence-electron chi connectivity index (χ0n) is 11.7. The van der Waals surface area contributed by atoms with E-state index < -0.39 is 0 Å². The number of hydrogen-bond donors (Lipinski definition) is 1. The molecule has 1 amide bonds. The lowest BCUT2D eigenvalue weighted by atomic mass is 9.85. The first-order valence-electron chi connectivity index (χ1n) is 7.41. The first-order valence-corrected chi connectivity index (χ1v) is 7.78. The third kappa shape index (κ3) is 2.57. The minimum Gasteiger partial charge on any atom is -0.372 e. The molecule has 20 heavy (non-hydrogen) atoms. The van der Waals surface area contributed by atoms with Crippen LogP contribution in [0.15, 0.2) is 18.2 Å². The van der Waals surface area contributed by atoms with Crippen molar-refractivity contribution in [1.82, 2.24) is 0 Å². The summed E-state index contributed by atoms with van der Waals surface area (Å²) in [5.74, 6) is 0.599. The molecule has 4 heteroatoms. The van der Waals surface area contributed by atoms with Crippen LogP contribution in [0.3, 0.4) is 0 Å². The van der Waals surface area contributed by atoms with Crippen molar-refractivity contribution in [2.24, 2.45) is 11.8 Å². The quantitative estimate of drug-likeness (QED) is 0.904. The number of hydrogen-bond acceptors (Lipinski definition) is 2. The highest BCUT2D eigenvalue weighted by Gasteiger charge is 2.36. The van der Waals surface area contributed by atoms with Gasteiger partial charge in [-0.3, -0.25) is 4.79 Å². The standard InChI is InChI=1S/C16H20ClNO2/c1-2-12-15(20-9-10-4-3-5-10)13-8-11(17)6-7-14(13)18-16(12)19/h6-8,10,12,15H,2-5,9H2,1H3,(H,18,19). The van der Waals surface area contributed by atoms with E-state index in [2.05, 4.69) is 5.32 Å². The summed E-state index contributed by atoms with van der Waals surface area (Å²) in [7, 11) is 0. The molecule has 0 spiro atoms. The second-order valence-electron chi connectivity index (χ2n) is 5.79. The number of rotatable bonds is 4. The molecule has 3 rings (SSSR count). The Morgan fingerprint density at radius 1 is 1.40 bits per heavy atom. The normalized spacial score (nSPS) is 25.8. The molecule has 1 aromatic rings. The zero-order chi connectivity index (χ0) is 14.1. The number of fused-ring (bicyclic) bond motifs is 1. The zero-order valence-corrected chi connectivity index (χ0v) is 12.5. The molecule has 0 aromatic heterocycles. The Morgan fingerprint density at radius 2 is 2.20 bits per heavy atom. The van der Waals surface area contributed by atoms with E-state index in [-0.39, 0.29) is 17.9 Å². The monoisotopic (exact) mass is 293 g/mol. The molecule has 1 fully saturated rings. The van der Waals surface area contributed by atoms with Crippen LogP contribution in [0.2, 0.25) is 5.02 Å². The first kappa shape index (κ1) is 13.9. The van der Waals surface area contributed by atoms with Gasteiger partial charge in [-0.05, 0) is 43.4 Å². The van der Waals surface area contributed by atoms with E-state index >= 15 is 0 Å². The molecule has 2 unspecified atom stereocenters. The van der Waals surface area contributed by atoms with E-state index in [0.717, 1.165) is 24.3 Å². The lowest BCUT2D eigenvalue weighted by Crippen LogP contribution is -2.35. The topological polar surface area (TPSA) is 38.3 Å². The number of ether oxygens (including phenoxy) is 1. The van der Waals surface area contributed by atoms with Gasteiger partial charge in [0.2, 0.25) is 5.91 Å². The molecule has 3 nitrogen and oxygen atoms in total. The van der Waals surface area contributed by atoms with E-state index in [1.54, 1.807) is 6.07 Å². The van der Waals surface area contributed by atoms with Crippen molar-refractivity contribution >= 4 is 23.2 Å². The summed E-state index contributed by atoms with van der Waals surface area (Å²) in [6, 6.07) is 5.58. The smallest absolute Gasteiger partial charge is 0.230 e. The molecule has 1 aliphatic carbocycles. The number of carbonyl (C=O) groups excluding carboxylic acids is 1. The first-order chi connectivity index (χ1) is 9.69. The van der Waals surface area contributed by atoms with Crippen molar-refractivity contribution < 1.29 is 9.53 Å². The maximum atomic E-state index is 12.2. The lowest BCUT2D eigenvalue weighted by Gasteiger charge is -2.35. The van der Waals surface area contributed by atoms with Gasteiger partial charge >= 0.3 is 0 Å². The van der Waals surface area contributed by atoms with Crippen LogP contribution < -0.4 is 5.32 Å². The van der Waals surface area contributed by atoms with Crippen molar-refractivity contribution in [3.8, 4) is 0 Å². The van der Waals surface area contributed by atoms with Gasteiger partial charge in [0, 0.05) is 16.3 Å². The SMILES string of the molecule is CCC1C(=O)Nc2ccc(Cl)cc2C1OCC1CCC1. The fourth-order valence-electron chi connectivity index (χ4n) is 2.97. The minimum absolute atomic E-state index is 0.0564. The number of amides is 1. The van der Waals surface area contributed by atoms with E-state index in [1.807, 2.05) is 19.1 Å². The van der Waals surface area contributed by atoms with Gasteiger partial charge in [0.15, 0.2) is 0 Å². The molecule has 2 aliphatic rings. The maximum absolute atomic E-state index is 12.2. The summed E-state index contributed by atoms with van der Waals surface area (Å²) in [5, 5.41) is 3.64. The van der Waals surface area contributed by atoms with Gasteiger partial charge in [0.25, 0.3) is 0 Å². The molecule has 0 radical (unpaired) electrons. The Hall–Kier alpha value is -1.06. The fraction of sp³-hybridized carbons (Fsp3) is 0.562. The average Bonchev–Trinajstić information content (AvgIpc) is 2.37.